The molecule has 0 spiro atoms. The zero-order valence-electron chi connectivity index (χ0n) is 17.1. The number of rotatable bonds is 6. The van der Waals surface area contributed by atoms with Crippen molar-refractivity contribution in [2.24, 2.45) is 5.41 Å². The van der Waals surface area contributed by atoms with E-state index in [0.717, 1.165) is 50.7 Å². The van der Waals surface area contributed by atoms with Gasteiger partial charge in [-0.25, -0.2) is 0 Å². The molecule has 0 aliphatic carbocycles. The van der Waals surface area contributed by atoms with Crippen LogP contribution in [0.15, 0.2) is 10.6 Å². The molecule has 28 heavy (non-hydrogen) atoms. The van der Waals surface area contributed by atoms with E-state index in [9.17, 15) is 9.90 Å². The lowest BCUT2D eigenvalue weighted by Gasteiger charge is -2.34. The Labute approximate surface area is 166 Å². The number of carbonyl (C=O) groups excluding carboxylic acids is 1. The molecule has 8 heteroatoms. The average molecular weight is 396 g/mol. The zero-order valence-corrected chi connectivity index (χ0v) is 17.1. The highest BCUT2D eigenvalue weighted by molar-refractivity contribution is 5.81. The van der Waals surface area contributed by atoms with E-state index >= 15 is 0 Å². The molecule has 2 aliphatic heterocycles. The van der Waals surface area contributed by atoms with E-state index in [1.54, 1.807) is 0 Å². The molecule has 0 aromatic carbocycles. The third kappa shape index (κ3) is 6.01. The number of aliphatic hydroxyl groups is 1. The summed E-state index contributed by atoms with van der Waals surface area (Å²) in [7, 11) is 0. The molecule has 2 fully saturated rings. The second-order valence-electron chi connectivity index (χ2n) is 8.78. The Hall–Kier alpha value is -1.48. The number of ether oxygens (including phenoxy) is 2. The van der Waals surface area contributed by atoms with E-state index in [4.69, 9.17) is 14.0 Å². The summed E-state index contributed by atoms with van der Waals surface area (Å²) in [5.74, 6) is 0.802. The van der Waals surface area contributed by atoms with E-state index in [1.807, 2.05) is 26.8 Å². The number of aromatic nitrogens is 1. The summed E-state index contributed by atoms with van der Waals surface area (Å²) >= 11 is 0. The normalized spacial score (nSPS) is 26.9. The van der Waals surface area contributed by atoms with Gasteiger partial charge in [-0.15, -0.1) is 0 Å². The van der Waals surface area contributed by atoms with E-state index < -0.39 is 17.6 Å². The van der Waals surface area contributed by atoms with Gasteiger partial charge in [0.25, 0.3) is 0 Å². The van der Waals surface area contributed by atoms with Crippen molar-refractivity contribution in [1.82, 2.24) is 15.4 Å². The lowest BCUT2D eigenvalue weighted by molar-refractivity contribution is -0.134. The van der Waals surface area contributed by atoms with Crippen molar-refractivity contribution < 1.29 is 23.9 Å². The van der Waals surface area contributed by atoms with E-state index in [1.165, 1.54) is 0 Å². The standard InChI is InChI=1S/C20H33N3O5/c1-20(2,3)19(25)21-12-18-17(24)5-4-15(27-18)10-14-11-16(28-22-14)13-23-6-8-26-9-7-23/h11,15,17-18,24H,4-10,12-13H2,1-3H3,(H,21,25). The first-order valence-corrected chi connectivity index (χ1v) is 10.2. The fourth-order valence-electron chi connectivity index (χ4n) is 3.48. The van der Waals surface area contributed by atoms with Crippen LogP contribution in [0, 0.1) is 5.41 Å². The topological polar surface area (TPSA) is 97.1 Å². The molecule has 0 saturated carbocycles. The summed E-state index contributed by atoms with van der Waals surface area (Å²) in [5, 5.41) is 17.3. The van der Waals surface area contributed by atoms with E-state index in [2.05, 4.69) is 15.4 Å². The van der Waals surface area contributed by atoms with Crippen LogP contribution < -0.4 is 5.32 Å². The van der Waals surface area contributed by atoms with Crippen LogP contribution in [-0.2, 0) is 27.2 Å². The molecule has 8 nitrogen and oxygen atoms in total. The highest BCUT2D eigenvalue weighted by atomic mass is 16.5. The third-order valence-electron chi connectivity index (χ3n) is 5.25. The summed E-state index contributed by atoms with van der Waals surface area (Å²) in [6.45, 7) is 9.96. The van der Waals surface area contributed by atoms with Gasteiger partial charge in [-0.1, -0.05) is 25.9 Å². The van der Waals surface area contributed by atoms with Crippen molar-refractivity contribution in [3.63, 3.8) is 0 Å². The number of nitrogens with one attached hydrogen (secondary N) is 1. The molecule has 2 saturated heterocycles. The minimum Gasteiger partial charge on any atom is -0.390 e. The minimum absolute atomic E-state index is 0.0405. The van der Waals surface area contributed by atoms with E-state index in [-0.39, 0.29) is 12.0 Å². The molecule has 2 N–H and O–H groups in total. The lowest BCUT2D eigenvalue weighted by Crippen LogP contribution is -2.48. The lowest BCUT2D eigenvalue weighted by atomic mass is 9.95. The Morgan fingerprint density at radius 2 is 2.07 bits per heavy atom. The Balaban J connectivity index is 1.48. The molecule has 2 aliphatic rings. The van der Waals surface area contributed by atoms with Gasteiger partial charge in [0.05, 0.1) is 37.7 Å². The van der Waals surface area contributed by atoms with Gasteiger partial charge in [0.1, 0.15) is 6.10 Å². The summed E-state index contributed by atoms with van der Waals surface area (Å²) < 4.78 is 16.9. The Morgan fingerprint density at radius 3 is 2.79 bits per heavy atom. The first-order valence-electron chi connectivity index (χ1n) is 10.2. The predicted octanol–water partition coefficient (Wildman–Crippen LogP) is 1.12. The van der Waals surface area contributed by atoms with Crippen molar-refractivity contribution >= 4 is 5.91 Å². The Bertz CT molecular complexity index is 636. The molecule has 3 atom stereocenters. The quantitative estimate of drug-likeness (QED) is 0.745. The number of carbonyl (C=O) groups is 1. The van der Waals surface area contributed by atoms with Crippen LogP contribution in [0.4, 0.5) is 0 Å². The third-order valence-corrected chi connectivity index (χ3v) is 5.25. The molecule has 3 heterocycles. The molecule has 1 amide bonds. The number of nitrogens with zero attached hydrogens (tertiary/aromatic N) is 2. The Kier molecular flexibility index (Phi) is 7.09. The van der Waals surface area contributed by atoms with Crippen LogP contribution in [0.25, 0.3) is 0 Å². The predicted molar refractivity (Wildman–Crippen MR) is 103 cm³/mol. The van der Waals surface area contributed by atoms with Gasteiger partial charge >= 0.3 is 0 Å². The molecular formula is C20H33N3O5. The van der Waals surface area contributed by atoms with E-state index in [0.29, 0.717) is 19.4 Å². The van der Waals surface area contributed by atoms with Gasteiger partial charge < -0.3 is 24.4 Å². The van der Waals surface area contributed by atoms with Gasteiger partial charge in [0, 0.05) is 37.5 Å². The molecule has 158 valence electrons. The summed E-state index contributed by atoms with van der Waals surface area (Å²) in [6.07, 6.45) is 1.05. The van der Waals surface area contributed by atoms with Gasteiger partial charge in [-0.2, -0.15) is 0 Å². The molecule has 3 rings (SSSR count). The van der Waals surface area contributed by atoms with Crippen molar-refractivity contribution in [2.45, 2.75) is 64.9 Å². The van der Waals surface area contributed by atoms with Crippen LogP contribution in [0.3, 0.4) is 0 Å². The van der Waals surface area contributed by atoms with Crippen LogP contribution >= 0.6 is 0 Å². The maximum Gasteiger partial charge on any atom is 0.225 e. The van der Waals surface area contributed by atoms with Gasteiger partial charge in [0.15, 0.2) is 5.76 Å². The van der Waals surface area contributed by atoms with Crippen LogP contribution in [0.2, 0.25) is 0 Å². The number of amides is 1. The first-order chi connectivity index (χ1) is 13.3. The molecule has 0 bridgehead atoms. The molecule has 3 unspecified atom stereocenters. The van der Waals surface area contributed by atoms with Crippen molar-refractivity contribution in [3.05, 3.63) is 17.5 Å². The monoisotopic (exact) mass is 395 g/mol. The summed E-state index contributed by atoms with van der Waals surface area (Å²) in [4.78, 5) is 14.4. The number of hydrogen-bond acceptors (Lipinski definition) is 7. The molecule has 0 radical (unpaired) electrons. The smallest absolute Gasteiger partial charge is 0.225 e. The second-order valence-corrected chi connectivity index (χ2v) is 8.78. The second kappa shape index (κ2) is 9.35. The largest absolute Gasteiger partial charge is 0.390 e. The van der Waals surface area contributed by atoms with Crippen molar-refractivity contribution in [1.29, 1.82) is 0 Å². The highest BCUT2D eigenvalue weighted by Gasteiger charge is 2.32. The highest BCUT2D eigenvalue weighted by Crippen LogP contribution is 2.23. The fourth-order valence-corrected chi connectivity index (χ4v) is 3.48. The summed E-state index contributed by atoms with van der Waals surface area (Å²) in [5.41, 5.74) is 0.401. The van der Waals surface area contributed by atoms with Crippen molar-refractivity contribution in [2.75, 3.05) is 32.8 Å². The molecule has 1 aromatic rings. The minimum atomic E-state index is -0.564. The zero-order chi connectivity index (χ0) is 20.1. The van der Waals surface area contributed by atoms with Gasteiger partial charge in [-0.05, 0) is 12.8 Å². The van der Waals surface area contributed by atoms with Gasteiger partial charge in [-0.3, -0.25) is 9.69 Å². The number of morpholine rings is 1. The fraction of sp³-hybridized carbons (Fsp3) is 0.800. The first kappa shape index (κ1) is 21.2. The number of aliphatic hydroxyl groups excluding tert-OH is 1. The molecular weight excluding hydrogens is 362 g/mol. The van der Waals surface area contributed by atoms with Crippen LogP contribution in [-0.4, -0.2) is 72.2 Å². The van der Waals surface area contributed by atoms with Crippen LogP contribution in [0.5, 0.6) is 0 Å². The summed E-state index contributed by atoms with van der Waals surface area (Å²) in [6, 6.07) is 1.99. The van der Waals surface area contributed by atoms with Gasteiger partial charge in [0.2, 0.25) is 5.91 Å². The average Bonchev–Trinajstić information content (AvgIpc) is 3.08. The SMILES string of the molecule is CC(C)(C)C(=O)NCC1OC(Cc2cc(CN3CCOCC3)on2)CCC1O. The van der Waals surface area contributed by atoms with Crippen molar-refractivity contribution in [3.8, 4) is 0 Å². The number of hydrogen-bond donors (Lipinski definition) is 2. The van der Waals surface area contributed by atoms with Crippen LogP contribution in [0.1, 0.15) is 45.1 Å². The Morgan fingerprint density at radius 1 is 1.32 bits per heavy atom. The maximum absolute atomic E-state index is 12.1. The molecule has 1 aromatic heterocycles. The maximum atomic E-state index is 12.1.